The van der Waals surface area contributed by atoms with Crippen LogP contribution in [-0.2, 0) is 6.42 Å². The number of nitrogens with zero attached hydrogens (tertiary/aromatic N) is 2. The maximum absolute atomic E-state index is 12.5. The summed E-state index contributed by atoms with van der Waals surface area (Å²) in [6, 6.07) is 0. The fourth-order valence-electron chi connectivity index (χ4n) is 2.80. The Labute approximate surface area is 119 Å². The quantitative estimate of drug-likeness (QED) is 0.801. The summed E-state index contributed by atoms with van der Waals surface area (Å²) in [5.74, 6) is 0.0558. The molecule has 0 spiro atoms. The van der Waals surface area contributed by atoms with Crippen LogP contribution in [0, 0.1) is 6.92 Å². The molecule has 0 saturated heterocycles. The van der Waals surface area contributed by atoms with Crippen molar-refractivity contribution in [3.63, 3.8) is 0 Å². The normalized spacial score (nSPS) is 14.8. The molecule has 0 aliphatic carbocycles. The average Bonchev–Trinajstić information content (AvgIpc) is 2.79. The van der Waals surface area contributed by atoms with Gasteiger partial charge in [0.2, 0.25) is 0 Å². The van der Waals surface area contributed by atoms with Gasteiger partial charge in [-0.1, -0.05) is 13.8 Å². The molecule has 5 nitrogen and oxygen atoms in total. The lowest BCUT2D eigenvalue weighted by atomic mass is 10.0. The summed E-state index contributed by atoms with van der Waals surface area (Å²) in [5, 5.41) is 0. The van der Waals surface area contributed by atoms with E-state index in [1.807, 2.05) is 11.8 Å². The summed E-state index contributed by atoms with van der Waals surface area (Å²) < 4.78 is 0. The van der Waals surface area contributed by atoms with Crippen molar-refractivity contribution in [2.24, 2.45) is 0 Å². The molecule has 2 heterocycles. The van der Waals surface area contributed by atoms with E-state index in [1.54, 1.807) is 0 Å². The van der Waals surface area contributed by atoms with Gasteiger partial charge < -0.3 is 14.8 Å². The minimum Gasteiger partial charge on any atom is -0.355 e. The second-order valence-electron chi connectivity index (χ2n) is 5.20. The van der Waals surface area contributed by atoms with Crippen LogP contribution in [0.3, 0.4) is 0 Å². The van der Waals surface area contributed by atoms with E-state index >= 15 is 0 Å². The first-order valence-corrected chi connectivity index (χ1v) is 7.30. The average molecular weight is 277 g/mol. The number of hydrogen-bond acceptors (Lipinski definition) is 3. The van der Waals surface area contributed by atoms with E-state index in [4.69, 9.17) is 0 Å². The fourth-order valence-corrected chi connectivity index (χ4v) is 2.80. The van der Waals surface area contributed by atoms with Crippen molar-refractivity contribution in [2.45, 2.75) is 27.2 Å². The van der Waals surface area contributed by atoms with Crippen molar-refractivity contribution < 1.29 is 9.59 Å². The Bertz CT molecular complexity index is 503. The van der Waals surface area contributed by atoms with Gasteiger partial charge in [-0.2, -0.15) is 0 Å². The van der Waals surface area contributed by atoms with Crippen LogP contribution < -0.4 is 0 Å². The van der Waals surface area contributed by atoms with E-state index in [2.05, 4.69) is 23.7 Å². The van der Waals surface area contributed by atoms with Gasteiger partial charge in [0.1, 0.15) is 0 Å². The van der Waals surface area contributed by atoms with Gasteiger partial charge in [0.05, 0.1) is 11.3 Å². The molecular formula is C15H23N3O2. The van der Waals surface area contributed by atoms with E-state index in [0.29, 0.717) is 11.3 Å². The Kier molecular flexibility index (Phi) is 4.60. The largest absolute Gasteiger partial charge is 0.355 e. The first kappa shape index (κ1) is 14.8. The fraction of sp³-hybridized carbons (Fsp3) is 0.600. The molecule has 1 aliphatic rings. The maximum Gasteiger partial charge on any atom is 0.256 e. The molecule has 1 aromatic heterocycles. The summed E-state index contributed by atoms with van der Waals surface area (Å²) >= 11 is 0. The van der Waals surface area contributed by atoms with Crippen molar-refractivity contribution >= 4 is 12.2 Å². The Hall–Kier alpha value is -1.62. The number of aromatic nitrogens is 1. The van der Waals surface area contributed by atoms with Crippen molar-refractivity contribution in [1.29, 1.82) is 0 Å². The van der Waals surface area contributed by atoms with Crippen LogP contribution in [-0.4, -0.2) is 59.7 Å². The molecule has 0 atom stereocenters. The molecule has 2 rings (SSSR count). The lowest BCUT2D eigenvalue weighted by molar-refractivity contribution is 0.0720. The van der Waals surface area contributed by atoms with E-state index < -0.39 is 0 Å². The summed E-state index contributed by atoms with van der Waals surface area (Å²) in [6.45, 7) is 10.5. The summed E-state index contributed by atoms with van der Waals surface area (Å²) in [5.41, 5.74) is 2.94. The van der Waals surface area contributed by atoms with Crippen molar-refractivity contribution in [3.8, 4) is 0 Å². The van der Waals surface area contributed by atoms with E-state index in [0.717, 1.165) is 56.7 Å². The predicted octanol–water partition coefficient (Wildman–Crippen LogP) is 1.48. The van der Waals surface area contributed by atoms with Crippen molar-refractivity contribution in [2.75, 3.05) is 32.7 Å². The lowest BCUT2D eigenvalue weighted by Crippen LogP contribution is -2.42. The summed E-state index contributed by atoms with van der Waals surface area (Å²) in [6.07, 6.45) is 1.59. The van der Waals surface area contributed by atoms with Crippen molar-refractivity contribution in [1.82, 2.24) is 14.8 Å². The van der Waals surface area contributed by atoms with Gasteiger partial charge in [-0.25, -0.2) is 0 Å². The standard InChI is InChI=1S/C15H23N3O2/c1-4-17(5-2)8-9-18-7-6-12-14(15(18)20)11(3)13(10-19)16-12/h10,16H,4-9H2,1-3H3. The Morgan fingerprint density at radius 2 is 2.05 bits per heavy atom. The topological polar surface area (TPSA) is 56.4 Å². The second-order valence-corrected chi connectivity index (χ2v) is 5.20. The molecule has 0 saturated carbocycles. The number of rotatable bonds is 6. The molecule has 0 unspecified atom stereocenters. The molecule has 0 bridgehead atoms. The first-order chi connectivity index (χ1) is 9.62. The number of carbonyl (C=O) groups is 2. The number of nitrogens with one attached hydrogen (secondary N) is 1. The van der Waals surface area contributed by atoms with Gasteiger partial charge >= 0.3 is 0 Å². The molecule has 0 fully saturated rings. The van der Waals surface area contributed by atoms with Gasteiger partial charge in [-0.05, 0) is 25.6 Å². The molecule has 1 N–H and O–H groups in total. The van der Waals surface area contributed by atoms with Crippen LogP contribution in [0.5, 0.6) is 0 Å². The highest BCUT2D eigenvalue weighted by Crippen LogP contribution is 2.23. The summed E-state index contributed by atoms with van der Waals surface area (Å²) in [7, 11) is 0. The van der Waals surface area contributed by atoms with Crippen molar-refractivity contribution in [3.05, 3.63) is 22.5 Å². The zero-order valence-corrected chi connectivity index (χ0v) is 12.5. The van der Waals surface area contributed by atoms with Crippen LogP contribution in [0.25, 0.3) is 0 Å². The molecule has 1 aromatic rings. The smallest absolute Gasteiger partial charge is 0.256 e. The highest BCUT2D eigenvalue weighted by molar-refractivity contribution is 6.00. The van der Waals surface area contributed by atoms with E-state index in [1.165, 1.54) is 0 Å². The van der Waals surface area contributed by atoms with Crippen LogP contribution in [0.15, 0.2) is 0 Å². The SMILES string of the molecule is CCN(CC)CCN1CCc2[nH]c(C=O)c(C)c2C1=O. The number of amides is 1. The highest BCUT2D eigenvalue weighted by atomic mass is 16.2. The molecule has 1 aliphatic heterocycles. The first-order valence-electron chi connectivity index (χ1n) is 7.30. The van der Waals surface area contributed by atoms with Crippen LogP contribution >= 0.6 is 0 Å². The van der Waals surface area contributed by atoms with Crippen LogP contribution in [0.4, 0.5) is 0 Å². The van der Waals surface area contributed by atoms with Crippen LogP contribution in [0.1, 0.15) is 46.0 Å². The lowest BCUT2D eigenvalue weighted by Gasteiger charge is -2.29. The minimum absolute atomic E-state index is 0.0558. The number of H-pyrrole nitrogens is 1. The Morgan fingerprint density at radius 3 is 2.65 bits per heavy atom. The molecule has 0 aromatic carbocycles. The third-order valence-corrected chi connectivity index (χ3v) is 4.20. The number of carbonyl (C=O) groups excluding carboxylic acids is 2. The van der Waals surface area contributed by atoms with Gasteiger partial charge in [0.25, 0.3) is 5.91 Å². The molecular weight excluding hydrogens is 254 g/mol. The summed E-state index contributed by atoms with van der Waals surface area (Å²) in [4.78, 5) is 30.8. The minimum atomic E-state index is 0.0558. The monoisotopic (exact) mass is 277 g/mol. The number of aromatic amines is 1. The van der Waals surface area contributed by atoms with E-state index in [9.17, 15) is 9.59 Å². The van der Waals surface area contributed by atoms with Gasteiger partial charge in [0, 0.05) is 31.7 Å². The molecule has 20 heavy (non-hydrogen) atoms. The second kappa shape index (κ2) is 6.22. The third-order valence-electron chi connectivity index (χ3n) is 4.20. The highest BCUT2D eigenvalue weighted by Gasteiger charge is 2.29. The van der Waals surface area contributed by atoms with Gasteiger partial charge in [-0.3, -0.25) is 9.59 Å². The number of hydrogen-bond donors (Lipinski definition) is 1. The molecule has 0 radical (unpaired) electrons. The number of aldehydes is 1. The van der Waals surface area contributed by atoms with Gasteiger partial charge in [0.15, 0.2) is 6.29 Å². The Morgan fingerprint density at radius 1 is 1.35 bits per heavy atom. The van der Waals surface area contributed by atoms with Gasteiger partial charge in [-0.15, -0.1) is 0 Å². The predicted molar refractivity (Wildman–Crippen MR) is 78.3 cm³/mol. The zero-order valence-electron chi connectivity index (χ0n) is 12.5. The van der Waals surface area contributed by atoms with Crippen LogP contribution in [0.2, 0.25) is 0 Å². The molecule has 5 heteroatoms. The zero-order chi connectivity index (χ0) is 14.7. The molecule has 110 valence electrons. The van der Waals surface area contributed by atoms with E-state index in [-0.39, 0.29) is 5.91 Å². The molecule has 1 amide bonds. The number of likely N-dealkylation sites (N-methyl/N-ethyl adjacent to an activating group) is 1. The Balaban J connectivity index is 2.11. The maximum atomic E-state index is 12.5. The number of fused-ring (bicyclic) bond motifs is 1. The third kappa shape index (κ3) is 2.63.